The number of rotatable bonds is 8. The van der Waals surface area contributed by atoms with Crippen LogP contribution in [0.3, 0.4) is 0 Å². The third-order valence-corrected chi connectivity index (χ3v) is 5.41. The molecule has 7 heteroatoms. The van der Waals surface area contributed by atoms with Crippen LogP contribution in [-0.4, -0.2) is 27.3 Å². The van der Waals surface area contributed by atoms with Gasteiger partial charge in [-0.15, -0.1) is 0 Å². The Morgan fingerprint density at radius 1 is 1.09 bits per heavy atom. The molecule has 0 saturated heterocycles. The topological polar surface area (TPSA) is 95.1 Å². The van der Waals surface area contributed by atoms with Gasteiger partial charge < -0.3 is 14.6 Å². The average Bonchev–Trinajstić information content (AvgIpc) is 3.31. The van der Waals surface area contributed by atoms with Crippen molar-refractivity contribution in [2.45, 2.75) is 26.9 Å². The smallest absolute Gasteiger partial charge is 0.257 e. The third-order valence-electron chi connectivity index (χ3n) is 5.41. The van der Waals surface area contributed by atoms with Crippen LogP contribution in [0.15, 0.2) is 77.3 Å². The molecule has 0 radical (unpaired) electrons. The summed E-state index contributed by atoms with van der Waals surface area (Å²) in [5, 5.41) is 12.3. The van der Waals surface area contributed by atoms with Crippen molar-refractivity contribution in [3.05, 3.63) is 101 Å². The Morgan fingerprint density at radius 3 is 2.50 bits per heavy atom. The quantitative estimate of drug-likeness (QED) is 0.396. The van der Waals surface area contributed by atoms with Gasteiger partial charge in [0.05, 0.1) is 29.4 Å². The Labute approximate surface area is 198 Å². The van der Waals surface area contributed by atoms with Crippen LogP contribution < -0.4 is 5.32 Å². The highest BCUT2D eigenvalue weighted by molar-refractivity contribution is 5.99. The number of nitrogens with one attached hydrogen (secondary N) is 1. The van der Waals surface area contributed by atoms with Gasteiger partial charge in [-0.05, 0) is 43.7 Å². The molecule has 2 aromatic carbocycles. The largest absolute Gasteiger partial charge is 0.465 e. The fraction of sp³-hybridized carbons (Fsp3) is 0.185. The molecule has 1 N–H and O–H groups in total. The van der Waals surface area contributed by atoms with Crippen molar-refractivity contribution in [3.63, 3.8) is 0 Å². The van der Waals surface area contributed by atoms with E-state index in [-0.39, 0.29) is 5.91 Å². The number of anilines is 1. The highest BCUT2D eigenvalue weighted by atomic mass is 16.3. The predicted octanol–water partition coefficient (Wildman–Crippen LogP) is 5.19. The number of nitriles is 1. The van der Waals surface area contributed by atoms with Gasteiger partial charge in [0.1, 0.15) is 11.5 Å². The normalized spacial score (nSPS) is 10.5. The highest BCUT2D eigenvalue weighted by Gasteiger charge is 2.21. The van der Waals surface area contributed by atoms with E-state index >= 15 is 0 Å². The first-order valence-corrected chi connectivity index (χ1v) is 11.1. The second-order valence-electron chi connectivity index (χ2n) is 7.82. The molecular formula is C27H25N5O2. The second-order valence-corrected chi connectivity index (χ2v) is 7.82. The second kappa shape index (κ2) is 10.5. The van der Waals surface area contributed by atoms with Gasteiger partial charge in [-0.3, -0.25) is 4.79 Å². The molecule has 0 saturated carbocycles. The highest BCUT2D eigenvalue weighted by Crippen LogP contribution is 2.25. The van der Waals surface area contributed by atoms with Crippen molar-refractivity contribution in [2.75, 3.05) is 11.9 Å². The Bertz CT molecular complexity index is 1310. The summed E-state index contributed by atoms with van der Waals surface area (Å²) in [6.45, 7) is 5.28. The number of nitrogens with zero attached hydrogens (tertiary/aromatic N) is 4. The molecule has 4 rings (SSSR count). The minimum atomic E-state index is -0.154. The van der Waals surface area contributed by atoms with Crippen molar-refractivity contribution in [2.24, 2.45) is 0 Å². The summed E-state index contributed by atoms with van der Waals surface area (Å²) in [5.41, 5.74) is 3.23. The summed E-state index contributed by atoms with van der Waals surface area (Å²) < 4.78 is 5.60. The van der Waals surface area contributed by atoms with Gasteiger partial charge in [0.2, 0.25) is 5.95 Å². The monoisotopic (exact) mass is 451 g/mol. The molecule has 0 fully saturated rings. The molecule has 7 nitrogen and oxygen atoms in total. The van der Waals surface area contributed by atoms with Gasteiger partial charge in [0, 0.05) is 24.8 Å². The molecule has 0 aliphatic heterocycles. The van der Waals surface area contributed by atoms with Gasteiger partial charge >= 0.3 is 0 Å². The summed E-state index contributed by atoms with van der Waals surface area (Å²) >= 11 is 0. The maximum absolute atomic E-state index is 13.5. The van der Waals surface area contributed by atoms with Crippen LogP contribution in [0.25, 0.3) is 11.3 Å². The number of amides is 1. The number of aromatic nitrogens is 2. The van der Waals surface area contributed by atoms with E-state index in [4.69, 9.17) is 9.68 Å². The third kappa shape index (κ3) is 5.30. The summed E-state index contributed by atoms with van der Waals surface area (Å²) in [7, 11) is 0. The van der Waals surface area contributed by atoms with Crippen LogP contribution in [0.1, 0.15) is 39.9 Å². The molecule has 1 amide bonds. The molecule has 0 bridgehead atoms. The SMILES string of the molecule is CCN(Cc1ccccc1)C(=O)c1cnc(NCc2ccc(C)o2)nc1-c1ccc(C#N)cc1. The maximum Gasteiger partial charge on any atom is 0.257 e. The van der Waals surface area contributed by atoms with Gasteiger partial charge in [0.15, 0.2) is 0 Å². The Morgan fingerprint density at radius 2 is 1.85 bits per heavy atom. The van der Waals surface area contributed by atoms with Crippen LogP contribution in [0.2, 0.25) is 0 Å². The number of benzene rings is 2. The number of hydrogen-bond donors (Lipinski definition) is 1. The fourth-order valence-corrected chi connectivity index (χ4v) is 3.59. The minimum absolute atomic E-state index is 0.154. The van der Waals surface area contributed by atoms with Gasteiger partial charge in [-0.1, -0.05) is 42.5 Å². The van der Waals surface area contributed by atoms with E-state index in [9.17, 15) is 4.79 Å². The molecular weight excluding hydrogens is 426 g/mol. The van der Waals surface area contributed by atoms with Crippen LogP contribution in [0.5, 0.6) is 0 Å². The number of hydrogen-bond acceptors (Lipinski definition) is 6. The summed E-state index contributed by atoms with van der Waals surface area (Å²) in [5.74, 6) is 1.83. The van der Waals surface area contributed by atoms with Crippen molar-refractivity contribution in [1.82, 2.24) is 14.9 Å². The van der Waals surface area contributed by atoms with E-state index in [1.165, 1.54) is 0 Å². The van der Waals surface area contributed by atoms with Gasteiger partial charge in [-0.25, -0.2) is 9.97 Å². The van der Waals surface area contributed by atoms with E-state index < -0.39 is 0 Å². The first-order chi connectivity index (χ1) is 16.6. The van der Waals surface area contributed by atoms with Crippen molar-refractivity contribution >= 4 is 11.9 Å². The van der Waals surface area contributed by atoms with E-state index in [2.05, 4.69) is 21.4 Å². The number of carbonyl (C=O) groups excluding carboxylic acids is 1. The molecule has 2 heterocycles. The van der Waals surface area contributed by atoms with E-state index in [0.717, 1.165) is 22.6 Å². The zero-order valence-corrected chi connectivity index (χ0v) is 19.2. The molecule has 2 aromatic heterocycles. The number of aryl methyl sites for hydroxylation is 1. The Kier molecular flexibility index (Phi) is 6.99. The molecule has 0 unspecified atom stereocenters. The molecule has 0 aliphatic rings. The maximum atomic E-state index is 13.5. The molecule has 0 atom stereocenters. The van der Waals surface area contributed by atoms with Crippen molar-refractivity contribution < 1.29 is 9.21 Å². The summed E-state index contributed by atoms with van der Waals surface area (Å²) in [6.07, 6.45) is 1.56. The Hall–Kier alpha value is -4.44. The Balaban J connectivity index is 1.66. The lowest BCUT2D eigenvalue weighted by Gasteiger charge is -2.22. The lowest BCUT2D eigenvalue weighted by Crippen LogP contribution is -2.31. The van der Waals surface area contributed by atoms with Crippen LogP contribution >= 0.6 is 0 Å². The van der Waals surface area contributed by atoms with Crippen LogP contribution in [0, 0.1) is 18.3 Å². The summed E-state index contributed by atoms with van der Waals surface area (Å²) in [4.78, 5) is 24.4. The van der Waals surface area contributed by atoms with Crippen molar-refractivity contribution in [3.8, 4) is 17.3 Å². The fourth-order valence-electron chi connectivity index (χ4n) is 3.59. The van der Waals surface area contributed by atoms with Gasteiger partial charge in [-0.2, -0.15) is 5.26 Å². The molecule has 4 aromatic rings. The van der Waals surface area contributed by atoms with E-state index in [1.807, 2.05) is 56.3 Å². The number of furan rings is 1. The van der Waals surface area contributed by atoms with E-state index in [0.29, 0.717) is 42.4 Å². The lowest BCUT2D eigenvalue weighted by molar-refractivity contribution is 0.0752. The molecule has 0 aliphatic carbocycles. The van der Waals surface area contributed by atoms with Gasteiger partial charge in [0.25, 0.3) is 5.91 Å². The van der Waals surface area contributed by atoms with Crippen molar-refractivity contribution in [1.29, 1.82) is 5.26 Å². The molecule has 170 valence electrons. The standard InChI is InChI=1S/C27H25N5O2/c1-3-32(18-21-7-5-4-6-8-21)26(33)24-17-30-27(29-16-23-14-9-19(2)34-23)31-25(24)22-12-10-20(15-28)11-13-22/h4-14,17H,3,16,18H2,1-2H3,(H,29,30,31). The van der Waals surface area contributed by atoms with Crippen LogP contribution in [0.4, 0.5) is 5.95 Å². The number of carbonyl (C=O) groups is 1. The van der Waals surface area contributed by atoms with Crippen LogP contribution in [-0.2, 0) is 13.1 Å². The molecule has 34 heavy (non-hydrogen) atoms. The first kappa shape index (κ1) is 22.7. The average molecular weight is 452 g/mol. The first-order valence-electron chi connectivity index (χ1n) is 11.1. The zero-order valence-electron chi connectivity index (χ0n) is 19.2. The predicted molar refractivity (Wildman–Crippen MR) is 130 cm³/mol. The minimum Gasteiger partial charge on any atom is -0.465 e. The molecule has 0 spiro atoms. The lowest BCUT2D eigenvalue weighted by atomic mass is 10.0. The van der Waals surface area contributed by atoms with E-state index in [1.54, 1.807) is 35.4 Å². The zero-order chi connectivity index (χ0) is 23.9. The summed E-state index contributed by atoms with van der Waals surface area (Å²) in [6, 6.07) is 22.8.